The Morgan fingerprint density at radius 1 is 1.35 bits per heavy atom. The van der Waals surface area contributed by atoms with Crippen molar-refractivity contribution in [1.29, 1.82) is 0 Å². The molecule has 0 amide bonds. The maximum Gasteiger partial charge on any atom is 0.118 e. The van der Waals surface area contributed by atoms with E-state index in [1.165, 1.54) is 5.56 Å². The highest BCUT2D eigenvalue weighted by atomic mass is 32.2. The molecule has 0 heterocycles. The van der Waals surface area contributed by atoms with Crippen molar-refractivity contribution in [1.82, 2.24) is 5.32 Å². The second kappa shape index (κ2) is 7.45. The van der Waals surface area contributed by atoms with Gasteiger partial charge in [-0.2, -0.15) is 0 Å². The highest BCUT2D eigenvalue weighted by molar-refractivity contribution is 7.84. The molecule has 96 valence electrons. The number of benzene rings is 1. The second-order valence-corrected chi connectivity index (χ2v) is 5.74. The molecule has 0 aliphatic carbocycles. The highest BCUT2D eigenvalue weighted by Crippen LogP contribution is 2.12. The Balaban J connectivity index is 2.34. The van der Waals surface area contributed by atoms with Crippen LogP contribution in [0.1, 0.15) is 12.5 Å². The summed E-state index contributed by atoms with van der Waals surface area (Å²) in [5, 5.41) is 3.37. The first-order valence-corrected chi connectivity index (χ1v) is 7.51. The molecule has 4 heteroatoms. The zero-order valence-corrected chi connectivity index (χ0v) is 11.5. The maximum atomic E-state index is 10.9. The van der Waals surface area contributed by atoms with Crippen molar-refractivity contribution in [3.05, 3.63) is 29.8 Å². The van der Waals surface area contributed by atoms with Gasteiger partial charge in [0.2, 0.25) is 0 Å². The lowest BCUT2D eigenvalue weighted by Gasteiger charge is -2.13. The summed E-state index contributed by atoms with van der Waals surface area (Å²) >= 11 is 0. The van der Waals surface area contributed by atoms with Gasteiger partial charge in [0.1, 0.15) is 5.75 Å². The minimum atomic E-state index is -0.712. The lowest BCUT2D eigenvalue weighted by atomic mass is 10.1. The third kappa shape index (κ3) is 5.84. The van der Waals surface area contributed by atoms with E-state index in [2.05, 4.69) is 24.4 Å². The Labute approximate surface area is 106 Å². The fraction of sp³-hybridized carbons (Fsp3) is 0.538. The summed E-state index contributed by atoms with van der Waals surface area (Å²) in [5.74, 6) is 1.60. The average Bonchev–Trinajstić information content (AvgIpc) is 2.29. The van der Waals surface area contributed by atoms with Crippen LogP contribution in [0.25, 0.3) is 0 Å². The number of rotatable bonds is 7. The lowest BCUT2D eigenvalue weighted by molar-refractivity contribution is 0.414. The molecule has 1 aromatic carbocycles. The molecule has 1 aromatic rings. The third-order valence-corrected chi connectivity index (χ3v) is 3.36. The van der Waals surface area contributed by atoms with E-state index >= 15 is 0 Å². The molecular formula is C13H21NO2S. The summed E-state index contributed by atoms with van der Waals surface area (Å²) in [5.41, 5.74) is 1.28. The minimum absolute atomic E-state index is 0.395. The van der Waals surface area contributed by atoms with Crippen LogP contribution in [0.4, 0.5) is 0 Å². The predicted molar refractivity (Wildman–Crippen MR) is 73.1 cm³/mol. The lowest BCUT2D eigenvalue weighted by Crippen LogP contribution is -2.31. The van der Waals surface area contributed by atoms with E-state index in [4.69, 9.17) is 4.74 Å². The summed E-state index contributed by atoms with van der Waals surface area (Å²) in [6.45, 7) is 2.95. The van der Waals surface area contributed by atoms with E-state index in [0.717, 1.165) is 18.7 Å². The fourth-order valence-corrected chi connectivity index (χ4v) is 2.04. The van der Waals surface area contributed by atoms with Crippen LogP contribution in [0, 0.1) is 0 Å². The molecule has 0 fully saturated rings. The van der Waals surface area contributed by atoms with E-state index in [1.54, 1.807) is 13.4 Å². The quantitative estimate of drug-likeness (QED) is 0.804. The van der Waals surface area contributed by atoms with Gasteiger partial charge in [-0.05, 0) is 31.0 Å². The van der Waals surface area contributed by atoms with Crippen LogP contribution in [-0.4, -0.2) is 35.9 Å². The van der Waals surface area contributed by atoms with Crippen LogP contribution < -0.4 is 10.1 Å². The topological polar surface area (TPSA) is 38.3 Å². The van der Waals surface area contributed by atoms with Gasteiger partial charge in [-0.3, -0.25) is 4.21 Å². The maximum absolute atomic E-state index is 10.9. The largest absolute Gasteiger partial charge is 0.497 e. The number of hydrogen-bond acceptors (Lipinski definition) is 3. The van der Waals surface area contributed by atoms with Crippen LogP contribution in [0.3, 0.4) is 0 Å². The molecule has 0 radical (unpaired) electrons. The van der Waals surface area contributed by atoms with Crippen molar-refractivity contribution >= 4 is 10.8 Å². The van der Waals surface area contributed by atoms with Gasteiger partial charge in [0.15, 0.2) is 0 Å². The summed E-state index contributed by atoms with van der Waals surface area (Å²) in [6.07, 6.45) is 2.70. The molecule has 0 bridgehead atoms. The minimum Gasteiger partial charge on any atom is -0.497 e. The number of ether oxygens (including phenoxy) is 1. The van der Waals surface area contributed by atoms with Gasteiger partial charge in [0.25, 0.3) is 0 Å². The Morgan fingerprint density at radius 2 is 2.00 bits per heavy atom. The molecule has 1 rings (SSSR count). The monoisotopic (exact) mass is 255 g/mol. The normalized spacial score (nSPS) is 14.3. The molecule has 2 atom stereocenters. The van der Waals surface area contributed by atoms with E-state index in [-0.39, 0.29) is 0 Å². The zero-order chi connectivity index (χ0) is 12.7. The smallest absolute Gasteiger partial charge is 0.118 e. The van der Waals surface area contributed by atoms with E-state index < -0.39 is 10.8 Å². The molecule has 2 unspecified atom stereocenters. The van der Waals surface area contributed by atoms with Gasteiger partial charge in [-0.15, -0.1) is 0 Å². The summed E-state index contributed by atoms with van der Waals surface area (Å²) in [7, 11) is 0.959. The fourth-order valence-electron chi connectivity index (χ4n) is 1.64. The van der Waals surface area contributed by atoms with E-state index in [9.17, 15) is 4.21 Å². The molecule has 0 aliphatic rings. The Bertz CT molecular complexity index is 351. The highest BCUT2D eigenvalue weighted by Gasteiger charge is 2.03. The van der Waals surface area contributed by atoms with Gasteiger partial charge in [-0.1, -0.05) is 12.1 Å². The van der Waals surface area contributed by atoms with Gasteiger partial charge < -0.3 is 10.1 Å². The molecule has 0 saturated heterocycles. The van der Waals surface area contributed by atoms with Gasteiger partial charge in [-0.25, -0.2) is 0 Å². The Kier molecular flexibility index (Phi) is 6.22. The van der Waals surface area contributed by atoms with Gasteiger partial charge in [0, 0.05) is 35.4 Å². The van der Waals surface area contributed by atoms with Crippen LogP contribution >= 0.6 is 0 Å². The van der Waals surface area contributed by atoms with Crippen LogP contribution in [0.5, 0.6) is 5.75 Å². The summed E-state index contributed by atoms with van der Waals surface area (Å²) < 4.78 is 16.0. The van der Waals surface area contributed by atoms with Crippen molar-refractivity contribution in [2.45, 2.75) is 19.4 Å². The average molecular weight is 255 g/mol. The summed E-state index contributed by atoms with van der Waals surface area (Å²) in [4.78, 5) is 0. The number of nitrogens with one attached hydrogen (secondary N) is 1. The molecule has 1 N–H and O–H groups in total. The first-order chi connectivity index (χ1) is 8.11. The Hall–Kier alpha value is -0.870. The van der Waals surface area contributed by atoms with Crippen molar-refractivity contribution in [2.75, 3.05) is 25.7 Å². The first kappa shape index (κ1) is 14.2. The van der Waals surface area contributed by atoms with Crippen LogP contribution in [0.2, 0.25) is 0 Å². The molecule has 0 saturated carbocycles. The molecule has 17 heavy (non-hydrogen) atoms. The Morgan fingerprint density at radius 3 is 2.53 bits per heavy atom. The van der Waals surface area contributed by atoms with Gasteiger partial charge in [0.05, 0.1) is 7.11 Å². The van der Waals surface area contributed by atoms with Crippen molar-refractivity contribution in [3.8, 4) is 5.75 Å². The number of hydrogen-bond donors (Lipinski definition) is 1. The summed E-state index contributed by atoms with van der Waals surface area (Å²) in [6, 6.07) is 8.50. The predicted octanol–water partition coefficient (Wildman–Crippen LogP) is 1.59. The van der Waals surface area contributed by atoms with Crippen molar-refractivity contribution < 1.29 is 8.95 Å². The van der Waals surface area contributed by atoms with Crippen LogP contribution in [-0.2, 0) is 17.2 Å². The standard InChI is InChI=1S/C13H21NO2S/c1-11(14-8-9-17(3)15)10-12-4-6-13(16-2)7-5-12/h4-7,11,14H,8-10H2,1-3H3. The van der Waals surface area contributed by atoms with Crippen molar-refractivity contribution in [3.63, 3.8) is 0 Å². The zero-order valence-electron chi connectivity index (χ0n) is 10.7. The van der Waals surface area contributed by atoms with Gasteiger partial charge >= 0.3 is 0 Å². The van der Waals surface area contributed by atoms with E-state index in [0.29, 0.717) is 11.8 Å². The molecular weight excluding hydrogens is 234 g/mol. The SMILES string of the molecule is COc1ccc(CC(C)NCCS(C)=O)cc1. The molecule has 0 spiro atoms. The first-order valence-electron chi connectivity index (χ1n) is 5.78. The number of methoxy groups -OCH3 is 1. The molecule has 0 aromatic heterocycles. The van der Waals surface area contributed by atoms with E-state index in [1.807, 2.05) is 12.1 Å². The molecule has 3 nitrogen and oxygen atoms in total. The van der Waals surface area contributed by atoms with Crippen molar-refractivity contribution in [2.24, 2.45) is 0 Å². The second-order valence-electron chi connectivity index (χ2n) is 4.18. The third-order valence-electron chi connectivity index (χ3n) is 2.58. The molecule has 0 aliphatic heterocycles. The van der Waals surface area contributed by atoms with Crippen LogP contribution in [0.15, 0.2) is 24.3 Å².